The monoisotopic (exact) mass is 386 g/mol. The van der Waals surface area contributed by atoms with E-state index in [9.17, 15) is 18.1 Å². The predicted molar refractivity (Wildman–Crippen MR) is 94.7 cm³/mol. The van der Waals surface area contributed by atoms with Gasteiger partial charge in [0.1, 0.15) is 10.6 Å². The van der Waals surface area contributed by atoms with E-state index in [0.717, 1.165) is 32.1 Å². The number of benzene rings is 2. The third-order valence-corrected chi connectivity index (χ3v) is 4.83. The van der Waals surface area contributed by atoms with Crippen molar-refractivity contribution in [3.63, 3.8) is 0 Å². The molecule has 2 rings (SSSR count). The Bertz CT molecular complexity index is 791. The summed E-state index contributed by atoms with van der Waals surface area (Å²) in [5.74, 6) is -0.440. The Morgan fingerprint density at radius 3 is 2.27 bits per heavy atom. The van der Waals surface area contributed by atoms with Gasteiger partial charge in [-0.1, -0.05) is 68.7 Å². The van der Waals surface area contributed by atoms with Crippen molar-refractivity contribution in [2.75, 3.05) is 0 Å². The summed E-state index contributed by atoms with van der Waals surface area (Å²) in [6.45, 7) is 2.14. The van der Waals surface area contributed by atoms with Crippen molar-refractivity contribution in [1.29, 1.82) is 0 Å². The summed E-state index contributed by atoms with van der Waals surface area (Å²) >= 11 is 0. The van der Waals surface area contributed by atoms with Gasteiger partial charge in [0.2, 0.25) is 0 Å². The van der Waals surface area contributed by atoms with Crippen molar-refractivity contribution in [3.8, 4) is 17.2 Å². The molecule has 0 aliphatic rings. The van der Waals surface area contributed by atoms with Crippen LogP contribution in [0.25, 0.3) is 0 Å². The number of unbranched alkanes of at least 4 members (excludes halogenated alkanes) is 4. The largest absolute Gasteiger partial charge is 1.00 e. The summed E-state index contributed by atoms with van der Waals surface area (Å²) in [7, 11) is -4.68. The first kappa shape index (κ1) is 23.0. The van der Waals surface area contributed by atoms with Crippen LogP contribution >= 0.6 is 0 Å². The van der Waals surface area contributed by atoms with Crippen molar-refractivity contribution >= 4 is 10.1 Å². The average Bonchev–Trinajstić information content (AvgIpc) is 2.56. The molecule has 0 aliphatic carbocycles. The zero-order valence-electron chi connectivity index (χ0n) is 15.3. The van der Waals surface area contributed by atoms with Crippen LogP contribution in [0.3, 0.4) is 0 Å². The van der Waals surface area contributed by atoms with Crippen LogP contribution in [0.1, 0.15) is 44.6 Å². The smallest absolute Gasteiger partial charge is 0.871 e. The molecule has 7 heteroatoms. The molecule has 0 atom stereocenters. The molecule has 0 unspecified atom stereocenters. The molecule has 1 N–H and O–H groups in total. The maximum absolute atomic E-state index is 12.0. The SMILES string of the molecule is CCCCCCCc1ccc([O-])c(S(=O)(=O)O)c1Oc1ccccc1.[Na+]. The molecular weight excluding hydrogens is 363 g/mol. The average molecular weight is 386 g/mol. The van der Waals surface area contributed by atoms with E-state index in [2.05, 4.69) is 6.92 Å². The molecule has 0 aromatic heterocycles. The van der Waals surface area contributed by atoms with Gasteiger partial charge in [0.15, 0.2) is 5.75 Å². The van der Waals surface area contributed by atoms with E-state index < -0.39 is 20.8 Å². The van der Waals surface area contributed by atoms with Gasteiger partial charge in [0.05, 0.1) is 0 Å². The molecule has 0 fully saturated rings. The van der Waals surface area contributed by atoms with Crippen LogP contribution in [0.5, 0.6) is 17.2 Å². The number of rotatable bonds is 9. The Morgan fingerprint density at radius 1 is 1.00 bits per heavy atom. The molecule has 0 bridgehead atoms. The van der Waals surface area contributed by atoms with Gasteiger partial charge in [0, 0.05) is 0 Å². The summed E-state index contributed by atoms with van der Waals surface area (Å²) in [4.78, 5) is -0.692. The molecule has 0 heterocycles. The molecule has 0 spiro atoms. The fourth-order valence-corrected chi connectivity index (χ4v) is 3.39. The van der Waals surface area contributed by atoms with Crippen LogP contribution in [-0.4, -0.2) is 13.0 Å². The number of hydrogen-bond acceptors (Lipinski definition) is 4. The Hall–Kier alpha value is -1.05. The second kappa shape index (κ2) is 10.9. The van der Waals surface area contributed by atoms with Crippen LogP contribution in [-0.2, 0) is 16.5 Å². The first-order valence-electron chi connectivity index (χ1n) is 8.46. The minimum atomic E-state index is -4.68. The minimum absolute atomic E-state index is 0. The maximum Gasteiger partial charge on any atom is 1.00 e. The molecule has 26 heavy (non-hydrogen) atoms. The molecule has 0 saturated heterocycles. The second-order valence-electron chi connectivity index (χ2n) is 5.94. The van der Waals surface area contributed by atoms with Gasteiger partial charge in [-0.15, -0.1) is 0 Å². The summed E-state index contributed by atoms with van der Waals surface area (Å²) < 4.78 is 38.6. The topological polar surface area (TPSA) is 86.7 Å². The van der Waals surface area contributed by atoms with Crippen LogP contribution in [0.15, 0.2) is 47.4 Å². The number of para-hydroxylation sites is 1. The van der Waals surface area contributed by atoms with Gasteiger partial charge in [-0.3, -0.25) is 4.55 Å². The van der Waals surface area contributed by atoms with Gasteiger partial charge < -0.3 is 9.84 Å². The van der Waals surface area contributed by atoms with Gasteiger partial charge in [-0.25, -0.2) is 0 Å². The zero-order chi connectivity index (χ0) is 18.3. The van der Waals surface area contributed by atoms with Crippen molar-refractivity contribution in [3.05, 3.63) is 48.0 Å². The molecule has 0 saturated carbocycles. The summed E-state index contributed by atoms with van der Waals surface area (Å²) in [6, 6.07) is 11.4. The van der Waals surface area contributed by atoms with Crippen molar-refractivity contribution in [1.82, 2.24) is 0 Å². The molecule has 2 aromatic carbocycles. The van der Waals surface area contributed by atoms with E-state index in [-0.39, 0.29) is 35.3 Å². The number of hydrogen-bond donors (Lipinski definition) is 1. The molecule has 136 valence electrons. The second-order valence-corrected chi connectivity index (χ2v) is 7.29. The first-order valence-corrected chi connectivity index (χ1v) is 9.90. The number of ether oxygens (including phenoxy) is 1. The third kappa shape index (κ3) is 6.59. The van der Waals surface area contributed by atoms with E-state index in [1.165, 1.54) is 6.07 Å². The fourth-order valence-electron chi connectivity index (χ4n) is 2.66. The van der Waals surface area contributed by atoms with E-state index in [1.807, 2.05) is 0 Å². The third-order valence-electron chi connectivity index (χ3n) is 3.93. The first-order chi connectivity index (χ1) is 11.9. The Kier molecular flexibility index (Phi) is 9.68. The Labute approximate surface area is 177 Å². The van der Waals surface area contributed by atoms with Crippen LogP contribution in [0, 0.1) is 0 Å². The normalized spacial score (nSPS) is 11.0. The van der Waals surface area contributed by atoms with Gasteiger partial charge in [0.25, 0.3) is 10.1 Å². The summed E-state index contributed by atoms with van der Waals surface area (Å²) in [5, 5.41) is 12.0. The van der Waals surface area contributed by atoms with E-state index in [4.69, 9.17) is 4.74 Å². The van der Waals surface area contributed by atoms with Crippen molar-refractivity contribution < 1.29 is 52.4 Å². The maximum atomic E-state index is 12.0. The summed E-state index contributed by atoms with van der Waals surface area (Å²) in [6.07, 6.45) is 5.85. The molecule has 0 aliphatic heterocycles. The van der Waals surface area contributed by atoms with Gasteiger partial charge in [-0.2, -0.15) is 8.42 Å². The quantitative estimate of drug-likeness (QED) is 0.399. The Morgan fingerprint density at radius 2 is 1.65 bits per heavy atom. The van der Waals surface area contributed by atoms with Crippen molar-refractivity contribution in [2.24, 2.45) is 0 Å². The van der Waals surface area contributed by atoms with Crippen molar-refractivity contribution in [2.45, 2.75) is 50.3 Å². The fraction of sp³-hybridized carbons (Fsp3) is 0.368. The Balaban J connectivity index is 0.00000338. The number of aryl methyl sites for hydroxylation is 1. The molecule has 0 radical (unpaired) electrons. The minimum Gasteiger partial charge on any atom is -0.871 e. The zero-order valence-corrected chi connectivity index (χ0v) is 18.1. The molecular formula is C19H23NaO5S. The van der Waals surface area contributed by atoms with Crippen LogP contribution < -0.4 is 39.4 Å². The van der Waals surface area contributed by atoms with Gasteiger partial charge in [-0.05, 0) is 30.5 Å². The van der Waals surface area contributed by atoms with E-state index in [0.29, 0.717) is 17.7 Å². The van der Waals surface area contributed by atoms with E-state index in [1.54, 1.807) is 36.4 Å². The van der Waals surface area contributed by atoms with E-state index >= 15 is 0 Å². The summed E-state index contributed by atoms with van der Waals surface area (Å²) in [5.41, 5.74) is 0.604. The standard InChI is InChI=1S/C19H24O5S.Na/c1-2-3-4-5-7-10-15-13-14-17(20)19(25(21,22)23)18(15)24-16-11-8-6-9-12-16;/h6,8-9,11-14,20H,2-5,7,10H2,1H3,(H,21,22,23);/q;+1/p-1. The predicted octanol–water partition coefficient (Wildman–Crippen LogP) is 1.32. The molecule has 2 aromatic rings. The molecule has 0 amide bonds. The van der Waals surface area contributed by atoms with Crippen LogP contribution in [0.4, 0.5) is 0 Å². The van der Waals surface area contributed by atoms with Crippen LogP contribution in [0.2, 0.25) is 0 Å². The van der Waals surface area contributed by atoms with Gasteiger partial charge >= 0.3 is 29.6 Å². The molecule has 5 nitrogen and oxygen atoms in total.